The summed E-state index contributed by atoms with van der Waals surface area (Å²) in [5, 5.41) is 0. The fourth-order valence-corrected chi connectivity index (χ4v) is 1.31. The summed E-state index contributed by atoms with van der Waals surface area (Å²) in [7, 11) is 1.09. The van der Waals surface area contributed by atoms with Gasteiger partial charge in [0, 0.05) is 12.6 Å². The summed E-state index contributed by atoms with van der Waals surface area (Å²) in [4.78, 5) is 3.01. The van der Waals surface area contributed by atoms with Crippen LogP contribution in [0.5, 0.6) is 5.88 Å². The number of hydrogen-bond acceptors (Lipinski definition) is 3. The number of pyridine rings is 1. The Kier molecular flexibility index (Phi) is 3.87. The molecule has 8 heteroatoms. The molecule has 0 aliphatic heterocycles. The van der Waals surface area contributed by atoms with E-state index in [0.717, 1.165) is 13.2 Å². The Bertz CT molecular complexity index is 405. The summed E-state index contributed by atoms with van der Waals surface area (Å²) in [5.74, 6) is -0.401. The van der Waals surface area contributed by atoms with Crippen molar-refractivity contribution in [2.75, 3.05) is 7.11 Å². The van der Waals surface area contributed by atoms with Crippen LogP contribution in [0.15, 0.2) is 6.07 Å². The van der Waals surface area contributed by atoms with Gasteiger partial charge in [-0.3, -0.25) is 0 Å². The van der Waals surface area contributed by atoms with Crippen LogP contribution in [-0.2, 0) is 12.7 Å². The second-order valence-electron chi connectivity index (χ2n) is 3.09. The number of alkyl halides is 5. The summed E-state index contributed by atoms with van der Waals surface area (Å²) in [6.45, 7) is -0.457. The molecule has 17 heavy (non-hydrogen) atoms. The third kappa shape index (κ3) is 2.82. The molecule has 0 saturated heterocycles. The van der Waals surface area contributed by atoms with Crippen molar-refractivity contribution in [1.82, 2.24) is 4.98 Å². The first-order chi connectivity index (χ1) is 7.81. The molecule has 96 valence electrons. The molecule has 0 unspecified atom stereocenters. The van der Waals surface area contributed by atoms with Gasteiger partial charge in [0.25, 0.3) is 6.43 Å². The van der Waals surface area contributed by atoms with E-state index in [0.29, 0.717) is 0 Å². The molecule has 0 bridgehead atoms. The lowest BCUT2D eigenvalue weighted by molar-refractivity contribution is -0.143. The van der Waals surface area contributed by atoms with E-state index in [2.05, 4.69) is 9.72 Å². The van der Waals surface area contributed by atoms with Gasteiger partial charge in [0.15, 0.2) is 5.69 Å². The van der Waals surface area contributed by atoms with Gasteiger partial charge in [-0.15, -0.1) is 0 Å². The third-order valence-electron chi connectivity index (χ3n) is 2.04. The first kappa shape index (κ1) is 13.6. The molecule has 0 radical (unpaired) electrons. The van der Waals surface area contributed by atoms with E-state index in [-0.39, 0.29) is 5.56 Å². The van der Waals surface area contributed by atoms with Crippen molar-refractivity contribution in [1.29, 1.82) is 0 Å². The van der Waals surface area contributed by atoms with Gasteiger partial charge in [-0.25, -0.2) is 13.8 Å². The summed E-state index contributed by atoms with van der Waals surface area (Å²) in [6.07, 6.45) is -8.28. The van der Waals surface area contributed by atoms with Crippen LogP contribution < -0.4 is 10.5 Å². The highest BCUT2D eigenvalue weighted by atomic mass is 19.4. The molecule has 1 rings (SSSR count). The molecule has 0 saturated carbocycles. The van der Waals surface area contributed by atoms with Crippen LogP contribution in [0.4, 0.5) is 22.0 Å². The van der Waals surface area contributed by atoms with Crippen molar-refractivity contribution < 1.29 is 26.7 Å². The van der Waals surface area contributed by atoms with Crippen LogP contribution in [0.25, 0.3) is 0 Å². The maximum atomic E-state index is 12.6. The van der Waals surface area contributed by atoms with Crippen LogP contribution in [0.3, 0.4) is 0 Å². The van der Waals surface area contributed by atoms with Gasteiger partial charge >= 0.3 is 6.18 Å². The first-order valence-corrected chi connectivity index (χ1v) is 4.44. The van der Waals surface area contributed by atoms with Gasteiger partial charge in [-0.2, -0.15) is 13.2 Å². The normalized spacial score (nSPS) is 12.0. The van der Waals surface area contributed by atoms with Crippen molar-refractivity contribution in [3.63, 3.8) is 0 Å². The number of aromatic nitrogens is 1. The Morgan fingerprint density at radius 2 is 2.00 bits per heavy atom. The zero-order chi connectivity index (χ0) is 13.2. The van der Waals surface area contributed by atoms with Crippen molar-refractivity contribution >= 4 is 0 Å². The monoisotopic (exact) mass is 256 g/mol. The predicted octanol–water partition coefficient (Wildman–Crippen LogP) is 2.51. The molecule has 0 aliphatic rings. The van der Waals surface area contributed by atoms with Crippen LogP contribution in [-0.4, -0.2) is 12.1 Å². The Hall–Kier alpha value is -1.44. The molecule has 0 spiro atoms. The van der Waals surface area contributed by atoms with Gasteiger partial charge in [0.1, 0.15) is 0 Å². The topological polar surface area (TPSA) is 48.1 Å². The summed E-state index contributed by atoms with van der Waals surface area (Å²) >= 11 is 0. The summed E-state index contributed by atoms with van der Waals surface area (Å²) in [6, 6.07) is 0.969. The number of rotatable bonds is 3. The highest BCUT2D eigenvalue weighted by Crippen LogP contribution is 2.38. The average Bonchev–Trinajstić information content (AvgIpc) is 2.25. The second kappa shape index (κ2) is 4.82. The number of ether oxygens (including phenoxy) is 1. The van der Waals surface area contributed by atoms with E-state index in [1.165, 1.54) is 0 Å². The van der Waals surface area contributed by atoms with Crippen molar-refractivity contribution in [2.24, 2.45) is 5.73 Å². The van der Waals surface area contributed by atoms with Gasteiger partial charge in [0.2, 0.25) is 5.88 Å². The molecular formula is C9H9F5N2O. The minimum absolute atomic E-state index is 0.334. The van der Waals surface area contributed by atoms with E-state index < -0.39 is 36.3 Å². The first-order valence-electron chi connectivity index (χ1n) is 4.44. The molecule has 0 aromatic carbocycles. The van der Waals surface area contributed by atoms with Crippen LogP contribution >= 0.6 is 0 Å². The second-order valence-corrected chi connectivity index (χ2v) is 3.09. The van der Waals surface area contributed by atoms with Crippen molar-refractivity contribution in [3.8, 4) is 5.88 Å². The molecule has 1 aromatic heterocycles. The molecule has 2 N–H and O–H groups in total. The minimum Gasteiger partial charge on any atom is -0.481 e. The van der Waals surface area contributed by atoms with E-state index in [1.807, 2.05) is 0 Å². The minimum atomic E-state index is -4.98. The number of nitrogens with two attached hydrogens (primary N) is 1. The third-order valence-corrected chi connectivity index (χ3v) is 2.04. The van der Waals surface area contributed by atoms with Gasteiger partial charge in [-0.1, -0.05) is 0 Å². The summed E-state index contributed by atoms with van der Waals surface area (Å²) in [5.41, 5.74) is 1.95. The zero-order valence-corrected chi connectivity index (χ0v) is 8.68. The van der Waals surface area contributed by atoms with Crippen molar-refractivity contribution in [3.05, 3.63) is 22.9 Å². The molecule has 0 atom stereocenters. The Balaban J connectivity index is 3.52. The predicted molar refractivity (Wildman–Crippen MR) is 48.6 cm³/mol. The number of halogens is 5. The maximum absolute atomic E-state index is 12.6. The van der Waals surface area contributed by atoms with Gasteiger partial charge < -0.3 is 10.5 Å². The van der Waals surface area contributed by atoms with Gasteiger partial charge in [0.05, 0.1) is 12.7 Å². The van der Waals surface area contributed by atoms with Gasteiger partial charge in [-0.05, 0) is 5.56 Å². The quantitative estimate of drug-likeness (QED) is 0.845. The lowest BCUT2D eigenvalue weighted by Gasteiger charge is -2.16. The fraction of sp³-hybridized carbons (Fsp3) is 0.444. The van der Waals surface area contributed by atoms with Crippen LogP contribution in [0.1, 0.15) is 23.2 Å². The fourth-order valence-electron chi connectivity index (χ4n) is 1.31. The van der Waals surface area contributed by atoms with E-state index in [4.69, 9.17) is 5.73 Å². The molecule has 3 nitrogen and oxygen atoms in total. The lowest BCUT2D eigenvalue weighted by atomic mass is 10.1. The summed E-state index contributed by atoms with van der Waals surface area (Å²) < 4.78 is 67.4. The zero-order valence-electron chi connectivity index (χ0n) is 8.68. The Morgan fingerprint density at radius 1 is 1.41 bits per heavy atom. The number of methoxy groups -OCH3 is 1. The average molecular weight is 256 g/mol. The highest BCUT2D eigenvalue weighted by molar-refractivity contribution is 5.37. The number of hydrogen-bond donors (Lipinski definition) is 1. The van der Waals surface area contributed by atoms with Crippen LogP contribution in [0.2, 0.25) is 0 Å². The SMILES string of the molecule is COc1cc(CN)c(C(F)F)c(C(F)(F)F)n1. The molecule has 1 aromatic rings. The molecule has 0 fully saturated rings. The van der Waals surface area contributed by atoms with Crippen molar-refractivity contribution in [2.45, 2.75) is 19.1 Å². The lowest BCUT2D eigenvalue weighted by Crippen LogP contribution is -2.16. The molecule has 1 heterocycles. The highest BCUT2D eigenvalue weighted by Gasteiger charge is 2.39. The standard InChI is InChI=1S/C9H9F5N2O/c1-17-5-2-4(3-15)6(8(10)11)7(16-5)9(12,13)14/h2,8H,3,15H2,1H3. The largest absolute Gasteiger partial charge is 0.481 e. The molecular weight excluding hydrogens is 247 g/mol. The Morgan fingerprint density at radius 3 is 2.35 bits per heavy atom. The maximum Gasteiger partial charge on any atom is 0.433 e. The van der Waals surface area contributed by atoms with E-state index in [1.54, 1.807) is 0 Å². The van der Waals surface area contributed by atoms with E-state index in [9.17, 15) is 22.0 Å². The smallest absolute Gasteiger partial charge is 0.433 e. The molecule has 0 amide bonds. The Labute approximate surface area is 93.4 Å². The van der Waals surface area contributed by atoms with E-state index >= 15 is 0 Å². The molecule has 0 aliphatic carbocycles. The van der Waals surface area contributed by atoms with Crippen LogP contribution in [0, 0.1) is 0 Å². The number of nitrogens with zero attached hydrogens (tertiary/aromatic N) is 1.